The monoisotopic (exact) mass is 334 g/mol. The van der Waals surface area contributed by atoms with Crippen molar-refractivity contribution in [1.29, 1.82) is 0 Å². The second-order valence-electron chi connectivity index (χ2n) is 5.22. The summed E-state index contributed by atoms with van der Waals surface area (Å²) >= 11 is 3.33. The molecule has 1 aromatic heterocycles. The molecule has 0 aliphatic carbocycles. The highest BCUT2D eigenvalue weighted by Gasteiger charge is 2.20. The third-order valence-corrected chi connectivity index (χ3v) is 6.09. The first-order valence-corrected chi connectivity index (χ1v) is 8.98. The summed E-state index contributed by atoms with van der Waals surface area (Å²) in [6, 6.07) is 10.4. The molecule has 116 valence electrons. The van der Waals surface area contributed by atoms with Crippen LogP contribution in [-0.2, 0) is 11.2 Å². The van der Waals surface area contributed by atoms with Crippen molar-refractivity contribution < 1.29 is 9.90 Å². The van der Waals surface area contributed by atoms with E-state index in [1.54, 1.807) is 23.1 Å². The van der Waals surface area contributed by atoms with E-state index in [4.69, 9.17) is 5.11 Å². The number of anilines is 2. The Labute approximate surface area is 137 Å². The van der Waals surface area contributed by atoms with Crippen molar-refractivity contribution in [2.45, 2.75) is 23.6 Å². The van der Waals surface area contributed by atoms with Crippen LogP contribution in [0.2, 0.25) is 0 Å². The van der Waals surface area contributed by atoms with Gasteiger partial charge in [-0.25, -0.2) is 0 Å². The van der Waals surface area contributed by atoms with Gasteiger partial charge in [0.1, 0.15) is 0 Å². The molecule has 1 amide bonds. The number of aliphatic hydroxyl groups excluding tert-OH is 1. The minimum Gasteiger partial charge on any atom is -0.396 e. The Morgan fingerprint density at radius 1 is 1.36 bits per heavy atom. The van der Waals surface area contributed by atoms with Crippen molar-refractivity contribution in [2.24, 2.45) is 0 Å². The Bertz CT molecular complexity index is 667. The molecule has 4 nitrogen and oxygen atoms in total. The lowest BCUT2D eigenvalue weighted by Gasteiger charge is -2.14. The molecular formula is C16H18N2O2S2. The molecule has 2 heterocycles. The second-order valence-corrected chi connectivity index (χ2v) is 7.55. The largest absolute Gasteiger partial charge is 0.396 e. The lowest BCUT2D eigenvalue weighted by Crippen LogP contribution is -2.17. The lowest BCUT2D eigenvalue weighted by atomic mass is 10.1. The zero-order chi connectivity index (χ0) is 15.5. The van der Waals surface area contributed by atoms with Gasteiger partial charge < -0.3 is 15.7 Å². The number of aliphatic hydroxyl groups is 1. The summed E-state index contributed by atoms with van der Waals surface area (Å²) in [7, 11) is 0. The minimum atomic E-state index is 0.0712. The Morgan fingerprint density at radius 2 is 2.14 bits per heavy atom. The van der Waals surface area contributed by atoms with Crippen LogP contribution in [0.25, 0.3) is 0 Å². The molecule has 0 saturated heterocycles. The maximum atomic E-state index is 11.4. The fourth-order valence-corrected chi connectivity index (χ4v) is 4.48. The van der Waals surface area contributed by atoms with E-state index in [-0.39, 0.29) is 18.6 Å². The molecule has 22 heavy (non-hydrogen) atoms. The highest BCUT2D eigenvalue weighted by atomic mass is 32.2. The summed E-state index contributed by atoms with van der Waals surface area (Å²) in [5.74, 6) is 0.572. The van der Waals surface area contributed by atoms with Crippen LogP contribution < -0.4 is 10.6 Å². The molecule has 3 N–H and O–H groups in total. The number of thioether (sulfide) groups is 1. The highest BCUT2D eigenvalue weighted by Crippen LogP contribution is 2.41. The van der Waals surface area contributed by atoms with Crippen LogP contribution in [0.1, 0.15) is 23.4 Å². The zero-order valence-electron chi connectivity index (χ0n) is 12.3. The third kappa shape index (κ3) is 3.45. The van der Waals surface area contributed by atoms with E-state index in [1.165, 1.54) is 9.09 Å². The summed E-state index contributed by atoms with van der Waals surface area (Å²) in [5, 5.41) is 15.3. The third-order valence-electron chi connectivity index (χ3n) is 3.49. The SMILES string of the molecule is CC(Nc1ccc(CCO)cc1)c1cc2c(s1)SCC(=O)N2. The summed E-state index contributed by atoms with van der Waals surface area (Å²) in [5.41, 5.74) is 3.12. The summed E-state index contributed by atoms with van der Waals surface area (Å²) in [4.78, 5) is 12.6. The summed E-state index contributed by atoms with van der Waals surface area (Å²) in [6.07, 6.45) is 0.685. The normalized spacial score (nSPS) is 15.1. The van der Waals surface area contributed by atoms with E-state index in [1.807, 2.05) is 24.3 Å². The van der Waals surface area contributed by atoms with E-state index in [9.17, 15) is 4.79 Å². The van der Waals surface area contributed by atoms with Crippen molar-refractivity contribution in [1.82, 2.24) is 0 Å². The Balaban J connectivity index is 1.69. The molecule has 3 rings (SSSR count). The topological polar surface area (TPSA) is 61.4 Å². The first-order chi connectivity index (χ1) is 10.7. The molecule has 1 unspecified atom stereocenters. The molecule has 1 aliphatic rings. The number of thiophene rings is 1. The number of amides is 1. The van der Waals surface area contributed by atoms with E-state index < -0.39 is 0 Å². The average Bonchev–Trinajstić information content (AvgIpc) is 2.92. The zero-order valence-corrected chi connectivity index (χ0v) is 13.9. The molecule has 6 heteroatoms. The van der Waals surface area contributed by atoms with E-state index in [0.29, 0.717) is 12.2 Å². The average molecular weight is 334 g/mol. The minimum absolute atomic E-state index is 0.0712. The number of fused-ring (bicyclic) bond motifs is 1. The van der Waals surface area contributed by atoms with Crippen LogP contribution in [0.15, 0.2) is 34.5 Å². The predicted octanol–water partition coefficient (Wildman–Crippen LogP) is 3.50. The molecule has 0 bridgehead atoms. The quantitative estimate of drug-likeness (QED) is 0.783. The Kier molecular flexibility index (Phi) is 4.71. The molecule has 0 saturated carbocycles. The van der Waals surface area contributed by atoms with E-state index >= 15 is 0 Å². The van der Waals surface area contributed by atoms with Gasteiger partial charge in [-0.2, -0.15) is 0 Å². The van der Waals surface area contributed by atoms with Crippen molar-refractivity contribution in [3.8, 4) is 0 Å². The number of nitrogens with one attached hydrogen (secondary N) is 2. The molecule has 0 spiro atoms. The Hall–Kier alpha value is -1.50. The lowest BCUT2D eigenvalue weighted by molar-refractivity contribution is -0.113. The standard InChI is InChI=1S/C16H18N2O2S2/c1-10(17-12-4-2-11(3-5-12)6-7-19)14-8-13-16(22-14)21-9-15(20)18-13/h2-5,8,10,17,19H,6-7,9H2,1H3,(H,18,20). The number of hydrogen-bond acceptors (Lipinski definition) is 5. The second kappa shape index (κ2) is 6.73. The predicted molar refractivity (Wildman–Crippen MR) is 92.9 cm³/mol. The van der Waals surface area contributed by atoms with Gasteiger partial charge in [0.05, 0.1) is 21.7 Å². The van der Waals surface area contributed by atoms with Crippen molar-refractivity contribution in [3.05, 3.63) is 40.8 Å². The smallest absolute Gasteiger partial charge is 0.234 e. The van der Waals surface area contributed by atoms with Crippen LogP contribution in [0.3, 0.4) is 0 Å². The van der Waals surface area contributed by atoms with Crippen LogP contribution in [0, 0.1) is 0 Å². The van der Waals surface area contributed by atoms with Crippen molar-refractivity contribution in [2.75, 3.05) is 23.0 Å². The van der Waals surface area contributed by atoms with Crippen LogP contribution in [0.4, 0.5) is 11.4 Å². The van der Waals surface area contributed by atoms with Gasteiger partial charge >= 0.3 is 0 Å². The first-order valence-electron chi connectivity index (χ1n) is 7.18. The molecule has 2 aromatic rings. The molecule has 0 radical (unpaired) electrons. The van der Waals surface area contributed by atoms with Gasteiger partial charge in [-0.1, -0.05) is 12.1 Å². The number of rotatable bonds is 5. The highest BCUT2D eigenvalue weighted by molar-refractivity contribution is 8.02. The molecule has 1 aromatic carbocycles. The van der Waals surface area contributed by atoms with Gasteiger partial charge in [-0.05, 0) is 37.1 Å². The van der Waals surface area contributed by atoms with E-state index in [0.717, 1.165) is 16.9 Å². The van der Waals surface area contributed by atoms with Crippen molar-refractivity contribution >= 4 is 40.4 Å². The van der Waals surface area contributed by atoms with Crippen LogP contribution in [0.5, 0.6) is 0 Å². The molecule has 0 fully saturated rings. The summed E-state index contributed by atoms with van der Waals surface area (Å²) in [6.45, 7) is 2.29. The fourth-order valence-electron chi connectivity index (χ4n) is 2.34. The number of carbonyl (C=O) groups is 1. The van der Waals surface area contributed by atoms with Crippen molar-refractivity contribution in [3.63, 3.8) is 0 Å². The van der Waals surface area contributed by atoms with E-state index in [2.05, 4.69) is 23.6 Å². The number of benzene rings is 1. The van der Waals surface area contributed by atoms with Gasteiger partial charge in [0.2, 0.25) is 5.91 Å². The first kappa shape index (κ1) is 15.4. The molecule has 1 aliphatic heterocycles. The van der Waals surface area contributed by atoms with Gasteiger partial charge in [-0.15, -0.1) is 23.1 Å². The maximum Gasteiger partial charge on any atom is 0.234 e. The van der Waals surface area contributed by atoms with Gasteiger partial charge in [-0.3, -0.25) is 4.79 Å². The van der Waals surface area contributed by atoms with Gasteiger partial charge in [0.25, 0.3) is 0 Å². The van der Waals surface area contributed by atoms with Crippen LogP contribution >= 0.6 is 23.1 Å². The number of carbonyl (C=O) groups excluding carboxylic acids is 1. The molecular weight excluding hydrogens is 316 g/mol. The fraction of sp³-hybridized carbons (Fsp3) is 0.312. The number of hydrogen-bond donors (Lipinski definition) is 3. The molecule has 1 atom stereocenters. The Morgan fingerprint density at radius 3 is 2.86 bits per heavy atom. The van der Waals surface area contributed by atoms with Crippen LogP contribution in [-0.4, -0.2) is 23.4 Å². The summed E-state index contributed by atoms with van der Waals surface area (Å²) < 4.78 is 1.18. The maximum absolute atomic E-state index is 11.4. The van der Waals surface area contributed by atoms with Gasteiger partial charge in [0.15, 0.2) is 0 Å². The van der Waals surface area contributed by atoms with Gasteiger partial charge in [0, 0.05) is 17.2 Å².